The number of benzene rings is 1. The number of carbonyl (C=O) groups is 2. The van der Waals surface area contributed by atoms with E-state index in [4.69, 9.17) is 4.74 Å². The van der Waals surface area contributed by atoms with E-state index >= 15 is 0 Å². The normalized spacial score (nSPS) is 11.3. The van der Waals surface area contributed by atoms with Crippen LogP contribution in [0.5, 0.6) is 0 Å². The van der Waals surface area contributed by atoms with Crippen LogP contribution in [-0.4, -0.2) is 29.0 Å². The van der Waals surface area contributed by atoms with E-state index in [1.165, 1.54) is 0 Å². The topological polar surface area (TPSA) is 68.3 Å². The summed E-state index contributed by atoms with van der Waals surface area (Å²) in [6.45, 7) is 5.84. The number of rotatable bonds is 5. The second kappa shape index (κ2) is 7.22. The molecule has 5 heteroatoms. The summed E-state index contributed by atoms with van der Waals surface area (Å²) in [5.74, 6) is 0.0572. The average molecular weight is 314 g/mol. The Morgan fingerprint density at radius 1 is 1.22 bits per heavy atom. The van der Waals surface area contributed by atoms with Gasteiger partial charge >= 0.3 is 6.09 Å². The lowest BCUT2D eigenvalue weighted by Crippen LogP contribution is -2.33. The van der Waals surface area contributed by atoms with Crippen LogP contribution in [0, 0.1) is 0 Å². The van der Waals surface area contributed by atoms with E-state index in [0.717, 1.165) is 10.9 Å². The van der Waals surface area contributed by atoms with Gasteiger partial charge in [0, 0.05) is 30.1 Å². The monoisotopic (exact) mass is 314 g/mol. The van der Waals surface area contributed by atoms with Crippen molar-refractivity contribution in [1.29, 1.82) is 0 Å². The molecule has 1 heterocycles. The zero-order valence-corrected chi connectivity index (χ0v) is 13.8. The first-order chi connectivity index (χ1) is 10.8. The summed E-state index contributed by atoms with van der Waals surface area (Å²) >= 11 is 0. The van der Waals surface area contributed by atoms with E-state index < -0.39 is 11.7 Å². The third-order valence-electron chi connectivity index (χ3n) is 3.17. The van der Waals surface area contributed by atoms with Crippen LogP contribution in [0.25, 0.3) is 10.9 Å². The molecule has 0 atom stereocenters. The molecule has 1 amide bonds. The minimum absolute atomic E-state index is 0.0572. The van der Waals surface area contributed by atoms with Crippen LogP contribution < -0.4 is 5.32 Å². The first kappa shape index (κ1) is 16.9. The van der Waals surface area contributed by atoms with Crippen molar-refractivity contribution < 1.29 is 14.3 Å². The van der Waals surface area contributed by atoms with Gasteiger partial charge in [-0.2, -0.15) is 0 Å². The maximum atomic E-state index is 12.2. The fourth-order valence-corrected chi connectivity index (χ4v) is 2.15. The molecule has 1 aromatic carbocycles. The second-order valence-electron chi connectivity index (χ2n) is 6.37. The van der Waals surface area contributed by atoms with Gasteiger partial charge < -0.3 is 10.1 Å². The molecule has 0 bridgehead atoms. The van der Waals surface area contributed by atoms with Gasteiger partial charge in [0.1, 0.15) is 5.60 Å². The molecule has 0 fully saturated rings. The minimum Gasteiger partial charge on any atom is -0.444 e. The Morgan fingerprint density at radius 3 is 2.74 bits per heavy atom. The molecule has 0 saturated carbocycles. The van der Waals surface area contributed by atoms with Crippen LogP contribution in [0.3, 0.4) is 0 Å². The molecule has 2 rings (SSSR count). The van der Waals surface area contributed by atoms with Crippen LogP contribution in [0.15, 0.2) is 36.5 Å². The van der Waals surface area contributed by atoms with Crippen LogP contribution in [-0.2, 0) is 4.74 Å². The highest BCUT2D eigenvalue weighted by molar-refractivity contribution is 5.99. The summed E-state index contributed by atoms with van der Waals surface area (Å²) in [6, 6.07) is 9.27. The number of carbonyl (C=O) groups excluding carboxylic acids is 2. The van der Waals surface area contributed by atoms with Crippen molar-refractivity contribution >= 4 is 22.8 Å². The highest BCUT2D eigenvalue weighted by Crippen LogP contribution is 2.15. The highest BCUT2D eigenvalue weighted by Gasteiger charge is 2.15. The van der Waals surface area contributed by atoms with Gasteiger partial charge in [-0.25, -0.2) is 4.79 Å². The van der Waals surface area contributed by atoms with Crippen molar-refractivity contribution in [2.75, 3.05) is 6.54 Å². The zero-order valence-electron chi connectivity index (χ0n) is 13.8. The number of nitrogens with zero attached hydrogens (tertiary/aromatic N) is 1. The summed E-state index contributed by atoms with van der Waals surface area (Å²) in [7, 11) is 0. The van der Waals surface area contributed by atoms with Crippen molar-refractivity contribution in [3.05, 3.63) is 42.1 Å². The number of nitrogens with one attached hydrogen (secondary N) is 1. The summed E-state index contributed by atoms with van der Waals surface area (Å²) in [5.41, 5.74) is 1.03. The third-order valence-corrected chi connectivity index (χ3v) is 3.17. The van der Waals surface area contributed by atoms with E-state index in [9.17, 15) is 9.59 Å². The van der Waals surface area contributed by atoms with E-state index in [2.05, 4.69) is 10.3 Å². The predicted molar refractivity (Wildman–Crippen MR) is 89.5 cm³/mol. The number of hydrogen-bond acceptors (Lipinski definition) is 4. The summed E-state index contributed by atoms with van der Waals surface area (Å²) in [5, 5.41) is 3.60. The average Bonchev–Trinajstić information content (AvgIpc) is 2.49. The number of hydrogen-bond donors (Lipinski definition) is 1. The maximum Gasteiger partial charge on any atom is 0.407 e. The molecule has 5 nitrogen and oxygen atoms in total. The number of pyridine rings is 1. The van der Waals surface area contributed by atoms with E-state index in [0.29, 0.717) is 24.9 Å². The quantitative estimate of drug-likeness (QED) is 0.674. The number of fused-ring (bicyclic) bond motifs is 1. The van der Waals surface area contributed by atoms with Gasteiger partial charge in [-0.15, -0.1) is 0 Å². The fraction of sp³-hybridized carbons (Fsp3) is 0.389. The van der Waals surface area contributed by atoms with E-state index in [1.54, 1.807) is 12.3 Å². The molecule has 0 radical (unpaired) electrons. The highest BCUT2D eigenvalue weighted by atomic mass is 16.6. The zero-order chi connectivity index (χ0) is 16.9. The summed E-state index contributed by atoms with van der Waals surface area (Å²) < 4.78 is 5.14. The minimum atomic E-state index is -0.515. The second-order valence-corrected chi connectivity index (χ2v) is 6.37. The molecule has 0 aliphatic rings. The van der Waals surface area contributed by atoms with Crippen LogP contribution >= 0.6 is 0 Å². The number of ketones is 1. The molecule has 0 unspecified atom stereocenters. The third kappa shape index (κ3) is 5.36. The molecule has 0 aliphatic carbocycles. The molecule has 1 aromatic heterocycles. The number of aromatic nitrogens is 1. The molecule has 122 valence electrons. The van der Waals surface area contributed by atoms with Crippen LogP contribution in [0.1, 0.15) is 44.0 Å². The number of ether oxygens (including phenoxy) is 1. The summed E-state index contributed by atoms with van der Waals surface area (Å²) in [4.78, 5) is 27.9. The van der Waals surface area contributed by atoms with Gasteiger partial charge in [-0.05, 0) is 51.5 Å². The molecule has 1 N–H and O–H groups in total. The molecule has 23 heavy (non-hydrogen) atoms. The van der Waals surface area contributed by atoms with Gasteiger partial charge in [-0.3, -0.25) is 9.78 Å². The lowest BCUT2D eigenvalue weighted by Gasteiger charge is -2.19. The summed E-state index contributed by atoms with van der Waals surface area (Å²) in [6.07, 6.45) is 2.22. The fourth-order valence-electron chi connectivity index (χ4n) is 2.15. The van der Waals surface area contributed by atoms with Crippen molar-refractivity contribution in [3.63, 3.8) is 0 Å². The molecule has 0 saturated heterocycles. The van der Waals surface area contributed by atoms with Gasteiger partial charge in [0.2, 0.25) is 0 Å². The Bertz CT molecular complexity index is 705. The Labute approximate surface area is 136 Å². The Kier molecular flexibility index (Phi) is 5.32. The van der Waals surface area contributed by atoms with Crippen LogP contribution in [0.2, 0.25) is 0 Å². The van der Waals surface area contributed by atoms with Gasteiger partial charge in [0.25, 0.3) is 0 Å². The SMILES string of the molecule is CC(C)(C)OC(=O)NCCCC(=O)c1ccc2ncccc2c1. The Hall–Kier alpha value is -2.43. The van der Waals surface area contributed by atoms with E-state index in [1.807, 2.05) is 45.0 Å². The predicted octanol–water partition coefficient (Wildman–Crippen LogP) is 3.72. The first-order valence-corrected chi connectivity index (χ1v) is 7.70. The van der Waals surface area contributed by atoms with Gasteiger partial charge in [0.05, 0.1) is 5.52 Å². The largest absolute Gasteiger partial charge is 0.444 e. The van der Waals surface area contributed by atoms with Gasteiger partial charge in [-0.1, -0.05) is 6.07 Å². The van der Waals surface area contributed by atoms with Gasteiger partial charge in [0.15, 0.2) is 5.78 Å². The lowest BCUT2D eigenvalue weighted by atomic mass is 10.0. The lowest BCUT2D eigenvalue weighted by molar-refractivity contribution is 0.0525. The molecular weight excluding hydrogens is 292 g/mol. The van der Waals surface area contributed by atoms with Crippen molar-refractivity contribution in [2.45, 2.75) is 39.2 Å². The van der Waals surface area contributed by atoms with Crippen molar-refractivity contribution in [3.8, 4) is 0 Å². The molecular formula is C18H22N2O3. The standard InChI is InChI=1S/C18H22N2O3/c1-18(2,3)23-17(22)20-11-5-7-16(21)14-8-9-15-13(12-14)6-4-10-19-15/h4,6,8-10,12H,5,7,11H2,1-3H3,(H,20,22). The Morgan fingerprint density at radius 2 is 2.00 bits per heavy atom. The number of alkyl carbamates (subject to hydrolysis) is 1. The van der Waals surface area contributed by atoms with Crippen molar-refractivity contribution in [2.24, 2.45) is 0 Å². The first-order valence-electron chi connectivity index (χ1n) is 7.70. The van der Waals surface area contributed by atoms with Crippen molar-refractivity contribution in [1.82, 2.24) is 10.3 Å². The Balaban J connectivity index is 1.81. The number of Topliss-reactive ketones (excluding diaryl/α,β-unsaturated/α-hetero) is 1. The van der Waals surface area contributed by atoms with Crippen LogP contribution in [0.4, 0.5) is 4.79 Å². The maximum absolute atomic E-state index is 12.2. The molecule has 2 aromatic rings. The number of amides is 1. The smallest absolute Gasteiger partial charge is 0.407 e. The van der Waals surface area contributed by atoms with E-state index in [-0.39, 0.29) is 5.78 Å². The molecule has 0 aliphatic heterocycles. The molecule has 0 spiro atoms.